The van der Waals surface area contributed by atoms with Crippen molar-refractivity contribution in [2.24, 2.45) is 17.8 Å². The Morgan fingerprint density at radius 3 is 2.52 bits per heavy atom. The van der Waals surface area contributed by atoms with E-state index in [1.807, 2.05) is 18.2 Å². The van der Waals surface area contributed by atoms with Crippen LogP contribution < -0.4 is 5.30 Å². The first-order chi connectivity index (χ1) is 12.9. The van der Waals surface area contributed by atoms with Gasteiger partial charge in [-0.1, -0.05) is 51.5 Å². The molecule has 5 heteroatoms. The first-order valence-electron chi connectivity index (χ1n) is 9.83. The van der Waals surface area contributed by atoms with E-state index in [2.05, 4.69) is 25.8 Å². The third-order valence-electron chi connectivity index (χ3n) is 5.67. The predicted octanol–water partition coefficient (Wildman–Crippen LogP) is 5.15. The van der Waals surface area contributed by atoms with Crippen LogP contribution in [-0.2, 0) is 9.09 Å². The molecule has 0 bridgehead atoms. The van der Waals surface area contributed by atoms with Crippen molar-refractivity contribution >= 4 is 12.7 Å². The van der Waals surface area contributed by atoms with Crippen LogP contribution in [0.5, 0.6) is 0 Å². The summed E-state index contributed by atoms with van der Waals surface area (Å²) in [6.45, 7) is 6.61. The first kappa shape index (κ1) is 20.3. The van der Waals surface area contributed by atoms with E-state index in [9.17, 15) is 9.67 Å². The third kappa shape index (κ3) is 4.51. The van der Waals surface area contributed by atoms with E-state index in [0.717, 1.165) is 12.8 Å². The maximum Gasteiger partial charge on any atom is 0.264 e. The Labute approximate surface area is 162 Å². The first-order valence-corrected chi connectivity index (χ1v) is 11.5. The van der Waals surface area contributed by atoms with Crippen LogP contribution in [0.15, 0.2) is 54.9 Å². The molecule has 1 fully saturated rings. The van der Waals surface area contributed by atoms with Crippen LogP contribution in [0, 0.1) is 17.8 Å². The lowest BCUT2D eigenvalue weighted by atomic mass is 9.75. The summed E-state index contributed by atoms with van der Waals surface area (Å²) in [6, 6.07) is 12.6. The molecule has 1 aromatic carbocycles. The molecule has 1 N–H and O–H groups in total. The minimum absolute atomic E-state index is 0.119. The largest absolute Gasteiger partial charge is 0.378 e. The van der Waals surface area contributed by atoms with E-state index in [1.54, 1.807) is 36.7 Å². The summed E-state index contributed by atoms with van der Waals surface area (Å²) in [4.78, 5) is 4.08. The van der Waals surface area contributed by atoms with E-state index in [4.69, 9.17) is 4.52 Å². The summed E-state index contributed by atoms with van der Waals surface area (Å²) in [6.07, 6.45) is 6.20. The third-order valence-corrected chi connectivity index (χ3v) is 8.22. The minimum Gasteiger partial charge on any atom is -0.378 e. The molecule has 0 aliphatic heterocycles. The Morgan fingerprint density at radius 2 is 1.89 bits per heavy atom. The molecule has 0 spiro atoms. The number of aliphatic hydroxyl groups is 1. The topological polar surface area (TPSA) is 59.4 Å². The van der Waals surface area contributed by atoms with E-state index in [0.29, 0.717) is 28.6 Å². The fourth-order valence-corrected chi connectivity index (χ4v) is 6.35. The van der Waals surface area contributed by atoms with E-state index in [-0.39, 0.29) is 6.10 Å². The summed E-state index contributed by atoms with van der Waals surface area (Å²) < 4.78 is 20.6. The molecular weight excluding hydrogens is 357 g/mol. The summed E-state index contributed by atoms with van der Waals surface area (Å²) in [5.74, 6) is 0.102. The molecule has 1 aliphatic carbocycles. The summed E-state index contributed by atoms with van der Waals surface area (Å²) in [7, 11) is -3.54. The van der Waals surface area contributed by atoms with Gasteiger partial charge in [-0.3, -0.25) is 9.55 Å². The second-order valence-electron chi connectivity index (χ2n) is 8.06. The summed E-state index contributed by atoms with van der Waals surface area (Å²) >= 11 is 0. The van der Waals surface area contributed by atoms with Gasteiger partial charge < -0.3 is 9.63 Å². The number of nitrogens with zero attached hydrogens (tertiary/aromatic N) is 1. The van der Waals surface area contributed by atoms with Gasteiger partial charge in [0, 0.05) is 23.3 Å². The molecule has 0 saturated heterocycles. The Kier molecular flexibility index (Phi) is 6.52. The molecule has 1 heterocycles. The molecule has 146 valence electrons. The zero-order chi connectivity index (χ0) is 19.4. The van der Waals surface area contributed by atoms with Gasteiger partial charge in [0.15, 0.2) is 5.85 Å². The highest BCUT2D eigenvalue weighted by Crippen LogP contribution is 2.60. The van der Waals surface area contributed by atoms with Crippen molar-refractivity contribution in [3.05, 3.63) is 60.4 Å². The molecule has 0 radical (unpaired) electrons. The average molecular weight is 387 g/mol. The second kappa shape index (κ2) is 8.68. The van der Waals surface area contributed by atoms with Crippen LogP contribution in [0.1, 0.15) is 51.4 Å². The van der Waals surface area contributed by atoms with E-state index >= 15 is 0 Å². The average Bonchev–Trinajstić information content (AvgIpc) is 2.68. The van der Waals surface area contributed by atoms with Gasteiger partial charge in [-0.15, -0.1) is 0 Å². The van der Waals surface area contributed by atoms with Crippen molar-refractivity contribution in [3.63, 3.8) is 0 Å². The highest BCUT2D eigenvalue weighted by atomic mass is 31.2. The minimum atomic E-state index is -3.54. The molecule has 5 atom stereocenters. The summed E-state index contributed by atoms with van der Waals surface area (Å²) in [5, 5.41) is 11.6. The molecule has 3 rings (SSSR count). The van der Waals surface area contributed by atoms with Gasteiger partial charge in [0.05, 0.1) is 6.10 Å². The molecule has 0 unspecified atom stereocenters. The fraction of sp³-hybridized carbons (Fsp3) is 0.500. The number of aliphatic hydroxyl groups excluding tert-OH is 1. The number of benzene rings is 1. The van der Waals surface area contributed by atoms with Crippen molar-refractivity contribution in [1.82, 2.24) is 4.98 Å². The highest BCUT2D eigenvalue weighted by molar-refractivity contribution is 7.67. The van der Waals surface area contributed by atoms with Crippen molar-refractivity contribution in [3.8, 4) is 0 Å². The van der Waals surface area contributed by atoms with Crippen LogP contribution in [-0.4, -0.2) is 16.2 Å². The van der Waals surface area contributed by atoms with Crippen LogP contribution in [0.3, 0.4) is 0 Å². The molecule has 1 saturated carbocycles. The lowest BCUT2D eigenvalue weighted by Gasteiger charge is -2.39. The van der Waals surface area contributed by atoms with Crippen molar-refractivity contribution < 1.29 is 14.2 Å². The van der Waals surface area contributed by atoms with Gasteiger partial charge in [0.25, 0.3) is 7.37 Å². The predicted molar refractivity (Wildman–Crippen MR) is 109 cm³/mol. The Hall–Kier alpha value is -1.48. The zero-order valence-corrected chi connectivity index (χ0v) is 17.3. The SMILES string of the molecule is CC(C)[C@H]1CC[C@@H](C)C[C@H]1O[P@@](=O)(c1ccccc1)[C@H](O)c1cccnc1. The number of rotatable bonds is 6. The van der Waals surface area contributed by atoms with Crippen LogP contribution >= 0.6 is 7.37 Å². The van der Waals surface area contributed by atoms with E-state index < -0.39 is 13.2 Å². The van der Waals surface area contributed by atoms with Crippen molar-refractivity contribution in [1.29, 1.82) is 0 Å². The number of pyridine rings is 1. The maximum atomic E-state index is 14.2. The molecule has 0 amide bonds. The van der Waals surface area contributed by atoms with Crippen molar-refractivity contribution in [2.45, 2.75) is 52.0 Å². The number of hydrogen-bond donors (Lipinski definition) is 1. The van der Waals surface area contributed by atoms with Gasteiger partial charge in [-0.25, -0.2) is 0 Å². The molecule has 4 nitrogen and oxygen atoms in total. The van der Waals surface area contributed by atoms with Crippen molar-refractivity contribution in [2.75, 3.05) is 0 Å². The Bertz CT molecular complexity index is 766. The van der Waals surface area contributed by atoms with Crippen LogP contribution in [0.25, 0.3) is 0 Å². The molecular formula is C22H30NO3P. The normalized spacial score (nSPS) is 26.5. The maximum absolute atomic E-state index is 14.2. The second-order valence-corrected chi connectivity index (χ2v) is 10.5. The quantitative estimate of drug-likeness (QED) is 0.696. The molecule has 2 aromatic rings. The smallest absolute Gasteiger partial charge is 0.264 e. The lowest BCUT2D eigenvalue weighted by molar-refractivity contribution is 0.0427. The zero-order valence-electron chi connectivity index (χ0n) is 16.4. The van der Waals surface area contributed by atoms with Gasteiger partial charge >= 0.3 is 0 Å². The molecule has 1 aromatic heterocycles. The standard InChI is InChI=1S/C22H30NO3P/c1-16(2)20-12-11-17(3)14-21(20)26-27(25,19-9-5-4-6-10-19)22(24)18-8-7-13-23-15-18/h4-10,13,15-17,20-22,24H,11-12,14H2,1-3H3/t17-,20-,21-,22+,27+/m1/s1. The van der Waals surface area contributed by atoms with Gasteiger partial charge in [0.1, 0.15) is 0 Å². The van der Waals surface area contributed by atoms with E-state index in [1.165, 1.54) is 6.42 Å². The number of hydrogen-bond acceptors (Lipinski definition) is 4. The van der Waals surface area contributed by atoms with Crippen LogP contribution in [0.2, 0.25) is 0 Å². The van der Waals surface area contributed by atoms with Gasteiger partial charge in [-0.05, 0) is 48.8 Å². The van der Waals surface area contributed by atoms with Gasteiger partial charge in [-0.2, -0.15) is 0 Å². The summed E-state index contributed by atoms with van der Waals surface area (Å²) in [5.41, 5.74) is 0.523. The Balaban J connectivity index is 1.98. The number of aromatic nitrogens is 1. The highest BCUT2D eigenvalue weighted by Gasteiger charge is 2.42. The fourth-order valence-electron chi connectivity index (χ4n) is 4.06. The molecule has 1 aliphatic rings. The van der Waals surface area contributed by atoms with Crippen LogP contribution in [0.4, 0.5) is 0 Å². The Morgan fingerprint density at radius 1 is 1.15 bits per heavy atom. The van der Waals surface area contributed by atoms with Gasteiger partial charge in [0.2, 0.25) is 0 Å². The lowest BCUT2D eigenvalue weighted by Crippen LogP contribution is -2.35. The monoisotopic (exact) mass is 387 g/mol. The molecule has 27 heavy (non-hydrogen) atoms.